The molecule has 1 fully saturated rings. The Hall–Kier alpha value is -3.39. The molecule has 2 amide bonds. The van der Waals surface area contributed by atoms with Gasteiger partial charge in [-0.15, -0.1) is 5.53 Å². The Morgan fingerprint density at radius 3 is 2.35 bits per heavy atom. The van der Waals surface area contributed by atoms with Crippen molar-refractivity contribution in [2.45, 2.75) is 50.9 Å². The zero-order chi connectivity index (χ0) is 24.2. The molecule has 0 saturated carbocycles. The van der Waals surface area contributed by atoms with E-state index in [2.05, 4.69) is 36.7 Å². The molecule has 0 unspecified atom stereocenters. The van der Waals surface area contributed by atoms with Gasteiger partial charge in [-0.05, 0) is 22.6 Å². The van der Waals surface area contributed by atoms with E-state index in [1.54, 1.807) is 11.7 Å². The summed E-state index contributed by atoms with van der Waals surface area (Å²) in [5, 5.41) is 4.91. The molecule has 0 spiro atoms. The number of hydrogen-bond acceptors (Lipinski definition) is 4. The second-order valence-corrected chi connectivity index (χ2v) is 9.29. The van der Waals surface area contributed by atoms with Gasteiger partial charge in [0.1, 0.15) is 12.2 Å². The van der Waals surface area contributed by atoms with Gasteiger partial charge in [0.05, 0.1) is 38.0 Å². The number of rotatable bonds is 7. The van der Waals surface area contributed by atoms with Crippen molar-refractivity contribution in [2.24, 2.45) is 0 Å². The number of nitrogens with two attached hydrogens (primary N) is 1. The molecule has 2 aromatic carbocycles. The van der Waals surface area contributed by atoms with Crippen LogP contribution in [0.5, 0.6) is 0 Å². The number of alkyl halides is 1. The van der Waals surface area contributed by atoms with E-state index in [4.69, 9.17) is 0 Å². The Kier molecular flexibility index (Phi) is 7.17. The van der Waals surface area contributed by atoms with E-state index in [9.17, 15) is 14.0 Å². The van der Waals surface area contributed by atoms with Crippen LogP contribution in [0.4, 0.5) is 4.39 Å². The molecule has 4 N–H and O–H groups in total. The van der Waals surface area contributed by atoms with Gasteiger partial charge in [0, 0.05) is 6.42 Å². The van der Waals surface area contributed by atoms with Crippen LogP contribution in [0, 0.1) is 0 Å². The molecule has 0 radical (unpaired) electrons. The molecule has 2 aliphatic heterocycles. The van der Waals surface area contributed by atoms with Crippen molar-refractivity contribution < 1.29 is 19.5 Å². The van der Waals surface area contributed by atoms with Gasteiger partial charge in [-0.25, -0.2) is 14.8 Å². The van der Waals surface area contributed by atoms with Gasteiger partial charge >= 0.3 is 0 Å². The van der Waals surface area contributed by atoms with Gasteiger partial charge < -0.3 is 10.2 Å². The lowest BCUT2D eigenvalue weighted by molar-refractivity contribution is -0.819. The molecule has 8 heteroatoms. The highest BCUT2D eigenvalue weighted by Crippen LogP contribution is 2.27. The fraction of sp³-hybridized carbons (Fsp3) is 0.385. The molecule has 2 aromatic rings. The highest BCUT2D eigenvalue weighted by molar-refractivity contribution is 5.89. The van der Waals surface area contributed by atoms with E-state index in [1.807, 2.05) is 54.5 Å². The standard InChI is InChI=1S/C26H32FN5O2/c1-17(2)18-9-11-20(12-10-18)25(19-7-5-4-6-8-19)29-26(34)23-13-21(27)16-32(23)24(33)14-22-15-28-30-31(22)3/h4-12,15,17,21,23,25,28,30H,13-14,16H2,1-3H3,(H,29,34)/p+1/t21-,23+,25+/m1/s1. The summed E-state index contributed by atoms with van der Waals surface area (Å²) in [5.74, 6) is -0.193. The summed E-state index contributed by atoms with van der Waals surface area (Å²) in [5.41, 5.74) is 8.55. The van der Waals surface area contributed by atoms with Crippen molar-refractivity contribution in [2.75, 3.05) is 13.6 Å². The van der Waals surface area contributed by atoms with Gasteiger partial charge in [-0.2, -0.15) is 0 Å². The van der Waals surface area contributed by atoms with Crippen LogP contribution in [-0.2, 0) is 9.59 Å². The zero-order valence-electron chi connectivity index (χ0n) is 19.9. The number of quaternary nitrogens is 1. The fourth-order valence-corrected chi connectivity index (χ4v) is 4.49. The van der Waals surface area contributed by atoms with Crippen molar-refractivity contribution >= 4 is 11.8 Å². The molecule has 0 bridgehead atoms. The molecular weight excluding hydrogens is 433 g/mol. The molecule has 3 atom stereocenters. The van der Waals surface area contributed by atoms with Gasteiger partial charge in [0.2, 0.25) is 11.8 Å². The predicted molar refractivity (Wildman–Crippen MR) is 127 cm³/mol. The number of nitrogens with zero attached hydrogens (tertiary/aromatic N) is 2. The number of hydrogen-bond donors (Lipinski definition) is 3. The van der Waals surface area contributed by atoms with Crippen molar-refractivity contribution in [3.05, 3.63) is 83.2 Å². The first-order valence-electron chi connectivity index (χ1n) is 11.7. The molecule has 0 aromatic heterocycles. The third-order valence-corrected chi connectivity index (χ3v) is 6.53. The van der Waals surface area contributed by atoms with Crippen molar-refractivity contribution in [3.63, 3.8) is 0 Å². The van der Waals surface area contributed by atoms with Crippen molar-refractivity contribution in [1.29, 1.82) is 0 Å². The quantitative estimate of drug-likeness (QED) is 0.546. The van der Waals surface area contributed by atoms with Crippen LogP contribution in [0.15, 0.2) is 66.5 Å². The van der Waals surface area contributed by atoms with Gasteiger partial charge in [0.15, 0.2) is 0 Å². The van der Waals surface area contributed by atoms with Crippen LogP contribution >= 0.6 is 0 Å². The monoisotopic (exact) mass is 466 g/mol. The van der Waals surface area contributed by atoms with Crippen molar-refractivity contribution in [3.8, 4) is 0 Å². The van der Waals surface area contributed by atoms with Crippen LogP contribution in [0.3, 0.4) is 0 Å². The number of carbonyl (C=O) groups is 2. The molecular formula is C26H33FN5O2+. The molecule has 0 aliphatic carbocycles. The number of nitrogens with one attached hydrogen (secondary N) is 2. The third kappa shape index (κ3) is 5.22. The second-order valence-electron chi connectivity index (χ2n) is 9.29. The SMILES string of the molecule is CC(C)c1ccc([C@@H](NC(=O)[C@@H]2C[C@@H](F)CN2C(=O)CC2=CN[NH2+]N2C)c2ccccc2)cc1. The minimum absolute atomic E-state index is 0.00460. The molecule has 4 rings (SSSR count). The van der Waals surface area contributed by atoms with E-state index in [-0.39, 0.29) is 31.2 Å². The first kappa shape index (κ1) is 23.8. The maximum atomic E-state index is 14.4. The molecule has 2 aliphatic rings. The van der Waals surface area contributed by atoms with Crippen LogP contribution in [-0.4, -0.2) is 47.5 Å². The normalized spacial score (nSPS) is 20.8. The van der Waals surface area contributed by atoms with E-state index in [0.717, 1.165) is 16.8 Å². The topological polar surface area (TPSA) is 81.3 Å². The highest BCUT2D eigenvalue weighted by atomic mass is 19.1. The third-order valence-electron chi connectivity index (χ3n) is 6.53. The lowest BCUT2D eigenvalue weighted by Crippen LogP contribution is -2.96. The molecule has 180 valence electrons. The number of benzene rings is 2. The Balaban J connectivity index is 1.54. The first-order valence-corrected chi connectivity index (χ1v) is 11.7. The lowest BCUT2D eigenvalue weighted by atomic mass is 9.95. The first-order chi connectivity index (χ1) is 16.3. The van der Waals surface area contributed by atoms with E-state index in [1.165, 1.54) is 10.5 Å². The summed E-state index contributed by atoms with van der Waals surface area (Å²) in [6, 6.07) is 16.7. The Labute approximate surface area is 199 Å². The van der Waals surface area contributed by atoms with Crippen LogP contribution < -0.4 is 16.3 Å². The number of amides is 2. The number of carbonyl (C=O) groups excluding carboxylic acids is 2. The van der Waals surface area contributed by atoms with Gasteiger partial charge in [-0.1, -0.05) is 68.4 Å². The maximum Gasteiger partial charge on any atom is 0.243 e. The number of likely N-dealkylation sites (tertiary alicyclic amines) is 1. The lowest BCUT2D eigenvalue weighted by Gasteiger charge is -2.27. The van der Waals surface area contributed by atoms with Crippen molar-refractivity contribution in [1.82, 2.24) is 20.7 Å². The van der Waals surface area contributed by atoms with Gasteiger partial charge in [-0.3, -0.25) is 9.59 Å². The van der Waals surface area contributed by atoms with Crippen LogP contribution in [0.25, 0.3) is 0 Å². The average Bonchev–Trinajstić information content (AvgIpc) is 3.43. The molecule has 1 saturated heterocycles. The molecule has 7 nitrogen and oxygen atoms in total. The zero-order valence-corrected chi connectivity index (χ0v) is 19.9. The van der Waals surface area contributed by atoms with Crippen LogP contribution in [0.2, 0.25) is 0 Å². The summed E-state index contributed by atoms with van der Waals surface area (Å²) < 4.78 is 14.4. The van der Waals surface area contributed by atoms with Gasteiger partial charge in [0.25, 0.3) is 0 Å². The van der Waals surface area contributed by atoms with Crippen LogP contribution in [0.1, 0.15) is 55.3 Å². The smallest absolute Gasteiger partial charge is 0.243 e. The summed E-state index contributed by atoms with van der Waals surface area (Å²) in [7, 11) is 1.83. The average molecular weight is 467 g/mol. The van der Waals surface area contributed by atoms with E-state index >= 15 is 0 Å². The highest BCUT2D eigenvalue weighted by Gasteiger charge is 2.41. The van der Waals surface area contributed by atoms with E-state index < -0.39 is 18.3 Å². The summed E-state index contributed by atoms with van der Waals surface area (Å²) in [6.07, 6.45) is 0.627. The fourth-order valence-electron chi connectivity index (χ4n) is 4.49. The Bertz CT molecular complexity index is 1040. The minimum Gasteiger partial charge on any atom is -0.343 e. The predicted octanol–water partition coefficient (Wildman–Crippen LogP) is 2.11. The second kappa shape index (κ2) is 10.3. The maximum absolute atomic E-state index is 14.4. The minimum atomic E-state index is -1.22. The Morgan fingerprint density at radius 2 is 1.74 bits per heavy atom. The summed E-state index contributed by atoms with van der Waals surface area (Å²) >= 11 is 0. The summed E-state index contributed by atoms with van der Waals surface area (Å²) in [4.78, 5) is 27.8. The van der Waals surface area contributed by atoms with E-state index in [0.29, 0.717) is 5.92 Å². The molecule has 34 heavy (non-hydrogen) atoms. The number of halogens is 1. The summed E-state index contributed by atoms with van der Waals surface area (Å²) in [6.45, 7) is 4.21. The Morgan fingerprint density at radius 1 is 1.09 bits per heavy atom. The largest absolute Gasteiger partial charge is 0.343 e. The molecule has 2 heterocycles.